The topological polar surface area (TPSA) is 46.5 Å². The van der Waals surface area contributed by atoms with E-state index in [0.29, 0.717) is 22.1 Å². The number of aryl methyl sites for hydroxylation is 2. The Balaban J connectivity index is 2.33. The van der Waals surface area contributed by atoms with Gasteiger partial charge in [-0.3, -0.25) is 4.57 Å². The van der Waals surface area contributed by atoms with Crippen molar-refractivity contribution in [3.05, 3.63) is 47.0 Å². The molecule has 1 heterocycles. The summed E-state index contributed by atoms with van der Waals surface area (Å²) in [5.74, 6) is 1.01. The summed E-state index contributed by atoms with van der Waals surface area (Å²) in [6.45, 7) is 5.77. The van der Waals surface area contributed by atoms with Crippen LogP contribution in [-0.2, 0) is 4.57 Å². The van der Waals surface area contributed by atoms with Crippen LogP contribution in [0.5, 0.6) is 11.5 Å². The Labute approximate surface area is 112 Å². The first-order valence-corrected chi connectivity index (χ1v) is 7.80. The van der Waals surface area contributed by atoms with Gasteiger partial charge in [0.15, 0.2) is 0 Å². The molecule has 0 amide bonds. The second-order valence-electron chi connectivity index (χ2n) is 5.00. The van der Waals surface area contributed by atoms with Crippen molar-refractivity contribution in [1.29, 1.82) is 0 Å². The fourth-order valence-electron chi connectivity index (χ4n) is 2.33. The summed E-state index contributed by atoms with van der Waals surface area (Å²) < 4.78 is 18.6. The number of rotatable bonds is 0. The summed E-state index contributed by atoms with van der Waals surface area (Å²) in [5.41, 5.74) is 2.91. The number of benzene rings is 2. The lowest BCUT2D eigenvalue weighted by Gasteiger charge is -2.26. The van der Waals surface area contributed by atoms with Gasteiger partial charge in [-0.1, -0.05) is 17.7 Å². The molecule has 4 heteroatoms. The molecule has 0 aromatic heterocycles. The van der Waals surface area contributed by atoms with Crippen molar-refractivity contribution in [2.75, 3.05) is 0 Å². The first-order valence-electron chi connectivity index (χ1n) is 6.14. The Hall–Kier alpha value is -1.57. The van der Waals surface area contributed by atoms with Gasteiger partial charge in [-0.05, 0) is 50.1 Å². The molecular formula is C15H15O3P. The van der Waals surface area contributed by atoms with Crippen molar-refractivity contribution in [3.8, 4) is 11.5 Å². The highest BCUT2D eigenvalue weighted by Gasteiger charge is 2.36. The minimum absolute atomic E-state index is 0.392. The summed E-state index contributed by atoms with van der Waals surface area (Å²) in [4.78, 5) is 10.5. The van der Waals surface area contributed by atoms with E-state index in [9.17, 15) is 9.46 Å². The molecule has 1 aliphatic rings. The predicted octanol–water partition coefficient (Wildman–Crippen LogP) is 2.94. The average molecular weight is 274 g/mol. The first-order chi connectivity index (χ1) is 8.91. The number of hydrogen-bond acceptors (Lipinski definition) is 2. The third-order valence-electron chi connectivity index (χ3n) is 3.64. The second-order valence-corrected chi connectivity index (χ2v) is 7.12. The van der Waals surface area contributed by atoms with Crippen molar-refractivity contribution in [2.45, 2.75) is 20.8 Å². The summed E-state index contributed by atoms with van der Waals surface area (Å²) in [7, 11) is -3.57. The monoisotopic (exact) mass is 274 g/mol. The van der Waals surface area contributed by atoms with E-state index >= 15 is 0 Å². The Morgan fingerprint density at radius 3 is 2.53 bits per heavy atom. The van der Waals surface area contributed by atoms with Gasteiger partial charge in [0.25, 0.3) is 7.37 Å². The van der Waals surface area contributed by atoms with Crippen molar-refractivity contribution >= 4 is 18.0 Å². The third-order valence-corrected chi connectivity index (χ3v) is 5.64. The quantitative estimate of drug-likeness (QED) is 0.751. The predicted molar refractivity (Wildman–Crippen MR) is 76.3 cm³/mol. The summed E-state index contributed by atoms with van der Waals surface area (Å²) in [6, 6.07) is 8.94. The largest absolute Gasteiger partial charge is 0.455 e. The highest BCUT2D eigenvalue weighted by molar-refractivity contribution is 7.74. The molecule has 19 heavy (non-hydrogen) atoms. The Morgan fingerprint density at radius 2 is 1.79 bits per heavy atom. The van der Waals surface area contributed by atoms with Crippen LogP contribution in [-0.4, -0.2) is 4.89 Å². The van der Waals surface area contributed by atoms with Crippen molar-refractivity contribution in [3.63, 3.8) is 0 Å². The molecule has 0 saturated heterocycles. The molecule has 1 aliphatic heterocycles. The average Bonchev–Trinajstić information content (AvgIpc) is 2.35. The zero-order valence-corrected chi connectivity index (χ0v) is 12.0. The van der Waals surface area contributed by atoms with Gasteiger partial charge in [0, 0.05) is 0 Å². The van der Waals surface area contributed by atoms with Crippen LogP contribution in [0, 0.1) is 20.8 Å². The lowest BCUT2D eigenvalue weighted by molar-refractivity contribution is 0.462. The van der Waals surface area contributed by atoms with Gasteiger partial charge >= 0.3 is 0 Å². The Kier molecular flexibility index (Phi) is 2.60. The first kappa shape index (κ1) is 12.5. The van der Waals surface area contributed by atoms with Gasteiger partial charge in [-0.15, -0.1) is 0 Å². The fourth-order valence-corrected chi connectivity index (χ4v) is 4.16. The highest BCUT2D eigenvalue weighted by Crippen LogP contribution is 2.50. The van der Waals surface area contributed by atoms with E-state index in [2.05, 4.69) is 0 Å². The summed E-state index contributed by atoms with van der Waals surface area (Å²) in [5, 5.41) is 0.789. The Bertz CT molecular complexity index is 734. The molecule has 0 fully saturated rings. The SMILES string of the molecule is Cc1ccc2c(c1)P(=O)(O)c1ccc(C)c(C)c1O2. The van der Waals surface area contributed by atoms with Crippen LogP contribution in [0.3, 0.4) is 0 Å². The molecule has 1 unspecified atom stereocenters. The van der Waals surface area contributed by atoms with E-state index in [0.717, 1.165) is 16.7 Å². The molecule has 98 valence electrons. The maximum absolute atomic E-state index is 12.8. The smallest absolute Gasteiger partial charge is 0.266 e. The van der Waals surface area contributed by atoms with E-state index in [4.69, 9.17) is 4.74 Å². The molecule has 0 saturated carbocycles. The molecule has 0 spiro atoms. The zero-order valence-electron chi connectivity index (χ0n) is 11.1. The highest BCUT2D eigenvalue weighted by atomic mass is 31.2. The van der Waals surface area contributed by atoms with Gasteiger partial charge in [0.05, 0.1) is 10.6 Å². The second kappa shape index (κ2) is 3.96. The molecule has 1 N–H and O–H groups in total. The lowest BCUT2D eigenvalue weighted by atomic mass is 10.1. The van der Waals surface area contributed by atoms with E-state index in [-0.39, 0.29) is 0 Å². The normalized spacial score (nSPS) is 20.4. The maximum atomic E-state index is 12.8. The number of ether oxygens (including phenoxy) is 1. The van der Waals surface area contributed by atoms with Gasteiger partial charge in [0.1, 0.15) is 11.5 Å². The molecular weight excluding hydrogens is 259 g/mol. The summed E-state index contributed by atoms with van der Waals surface area (Å²) in [6.07, 6.45) is 0. The van der Waals surface area contributed by atoms with E-state index in [1.54, 1.807) is 18.2 Å². The standard InChI is InChI=1S/C15H15O3P/c1-9-4-6-12-14(8-9)19(16,17)13-7-5-10(2)11(3)15(13)18-12/h4-8H,1-3H3,(H,16,17). The van der Waals surface area contributed by atoms with E-state index < -0.39 is 7.37 Å². The molecule has 2 aromatic carbocycles. The summed E-state index contributed by atoms with van der Waals surface area (Å²) >= 11 is 0. The maximum Gasteiger partial charge on any atom is 0.266 e. The van der Waals surface area contributed by atoms with E-state index in [1.807, 2.05) is 32.9 Å². The van der Waals surface area contributed by atoms with Crippen molar-refractivity contribution in [1.82, 2.24) is 0 Å². The van der Waals surface area contributed by atoms with Crippen LogP contribution in [0.1, 0.15) is 16.7 Å². The lowest BCUT2D eigenvalue weighted by Crippen LogP contribution is -2.25. The molecule has 0 bridgehead atoms. The van der Waals surface area contributed by atoms with Gasteiger partial charge in [-0.25, -0.2) is 0 Å². The molecule has 3 nitrogen and oxygen atoms in total. The van der Waals surface area contributed by atoms with Crippen LogP contribution in [0.4, 0.5) is 0 Å². The van der Waals surface area contributed by atoms with Crippen molar-refractivity contribution in [2.24, 2.45) is 0 Å². The zero-order chi connectivity index (χ0) is 13.8. The molecule has 1 atom stereocenters. The van der Waals surface area contributed by atoms with Crippen LogP contribution in [0.25, 0.3) is 0 Å². The van der Waals surface area contributed by atoms with Crippen molar-refractivity contribution < 1.29 is 14.2 Å². The van der Waals surface area contributed by atoms with Crippen LogP contribution in [0.15, 0.2) is 30.3 Å². The number of hydrogen-bond donors (Lipinski definition) is 1. The third kappa shape index (κ3) is 1.73. The van der Waals surface area contributed by atoms with Gasteiger partial charge in [0.2, 0.25) is 0 Å². The molecule has 0 aliphatic carbocycles. The molecule has 0 radical (unpaired) electrons. The van der Waals surface area contributed by atoms with E-state index in [1.165, 1.54) is 0 Å². The fraction of sp³-hybridized carbons (Fsp3) is 0.200. The Morgan fingerprint density at radius 1 is 1.05 bits per heavy atom. The van der Waals surface area contributed by atoms with Crippen LogP contribution in [0.2, 0.25) is 0 Å². The molecule has 3 rings (SSSR count). The van der Waals surface area contributed by atoms with Crippen LogP contribution >= 0.6 is 7.37 Å². The van der Waals surface area contributed by atoms with Gasteiger partial charge in [-0.2, -0.15) is 0 Å². The minimum atomic E-state index is -3.57. The minimum Gasteiger partial charge on any atom is -0.455 e. The molecule has 2 aromatic rings. The number of fused-ring (bicyclic) bond motifs is 2. The van der Waals surface area contributed by atoms with Gasteiger partial charge < -0.3 is 9.63 Å². The van der Waals surface area contributed by atoms with Crippen LogP contribution < -0.4 is 15.3 Å².